The van der Waals surface area contributed by atoms with Crippen LogP contribution in [0.3, 0.4) is 0 Å². The van der Waals surface area contributed by atoms with Crippen molar-refractivity contribution < 1.29 is 14.3 Å². The molecule has 5 nitrogen and oxygen atoms in total. The molecule has 2 aliphatic rings. The van der Waals surface area contributed by atoms with Gasteiger partial charge in [-0.3, -0.25) is 4.79 Å². The van der Waals surface area contributed by atoms with Crippen molar-refractivity contribution in [2.45, 2.75) is 38.8 Å². The lowest BCUT2D eigenvalue weighted by Gasteiger charge is -2.42. The molecule has 1 aromatic carbocycles. The second kappa shape index (κ2) is 7.43. The number of amides is 1. The number of hydrogen-bond acceptors (Lipinski definition) is 4. The third kappa shape index (κ3) is 3.83. The van der Waals surface area contributed by atoms with E-state index in [1.54, 1.807) is 7.11 Å². The van der Waals surface area contributed by atoms with Gasteiger partial charge in [0, 0.05) is 18.0 Å². The number of hydrogen-bond donors (Lipinski definition) is 0. The number of nitrogens with zero attached hydrogens (tertiary/aromatic N) is 2. The molecule has 24 heavy (non-hydrogen) atoms. The Labute approximate surface area is 144 Å². The summed E-state index contributed by atoms with van der Waals surface area (Å²) in [6.45, 7) is 7.90. The van der Waals surface area contributed by atoms with Gasteiger partial charge in [-0.15, -0.1) is 0 Å². The zero-order valence-corrected chi connectivity index (χ0v) is 14.9. The summed E-state index contributed by atoms with van der Waals surface area (Å²) in [5, 5.41) is 0. The van der Waals surface area contributed by atoms with E-state index in [1.165, 1.54) is 0 Å². The summed E-state index contributed by atoms with van der Waals surface area (Å²) in [5.41, 5.74) is 0. The quantitative estimate of drug-likeness (QED) is 0.830. The molecular weight excluding hydrogens is 304 g/mol. The monoisotopic (exact) mass is 332 g/mol. The molecule has 0 radical (unpaired) electrons. The molecule has 2 aliphatic heterocycles. The highest BCUT2D eigenvalue weighted by atomic mass is 16.5. The van der Waals surface area contributed by atoms with Gasteiger partial charge in [-0.25, -0.2) is 0 Å². The van der Waals surface area contributed by atoms with E-state index in [2.05, 4.69) is 18.7 Å². The maximum absolute atomic E-state index is 12.6. The molecule has 2 heterocycles. The van der Waals surface area contributed by atoms with Crippen LogP contribution in [0.2, 0.25) is 0 Å². The van der Waals surface area contributed by atoms with Crippen LogP contribution in [0, 0.1) is 5.92 Å². The first-order valence-corrected chi connectivity index (χ1v) is 8.90. The number of carbonyl (C=O) groups is 1. The van der Waals surface area contributed by atoms with Crippen molar-refractivity contribution in [2.75, 3.05) is 33.3 Å². The number of piperidine rings is 1. The molecule has 0 atom stereocenters. The van der Waals surface area contributed by atoms with Gasteiger partial charge in [-0.05, 0) is 51.9 Å². The third-order valence-electron chi connectivity index (χ3n) is 5.11. The molecule has 0 bridgehead atoms. The van der Waals surface area contributed by atoms with Crippen LogP contribution in [0.1, 0.15) is 26.7 Å². The lowest BCUT2D eigenvalue weighted by molar-refractivity contribution is -0.146. The second-order valence-electron chi connectivity index (χ2n) is 7.07. The lowest BCUT2D eigenvalue weighted by atomic mass is 9.93. The van der Waals surface area contributed by atoms with E-state index in [0.29, 0.717) is 25.0 Å². The highest BCUT2D eigenvalue weighted by molar-refractivity contribution is 5.79. The van der Waals surface area contributed by atoms with Gasteiger partial charge in [0.1, 0.15) is 17.6 Å². The summed E-state index contributed by atoms with van der Waals surface area (Å²) >= 11 is 0. The summed E-state index contributed by atoms with van der Waals surface area (Å²) in [6.07, 6.45) is 2.06. The van der Waals surface area contributed by atoms with E-state index in [1.807, 2.05) is 29.2 Å². The van der Waals surface area contributed by atoms with Gasteiger partial charge in [0.15, 0.2) is 0 Å². The Morgan fingerprint density at radius 3 is 2.46 bits per heavy atom. The molecule has 1 amide bonds. The van der Waals surface area contributed by atoms with Crippen LogP contribution in [0.15, 0.2) is 24.3 Å². The van der Waals surface area contributed by atoms with Crippen molar-refractivity contribution in [3.05, 3.63) is 24.3 Å². The fraction of sp³-hybridized carbons (Fsp3) is 0.632. The minimum absolute atomic E-state index is 0.0943. The van der Waals surface area contributed by atoms with Gasteiger partial charge in [-0.2, -0.15) is 0 Å². The summed E-state index contributed by atoms with van der Waals surface area (Å²) in [6, 6.07) is 8.19. The largest absolute Gasteiger partial charge is 0.497 e. The van der Waals surface area contributed by atoms with Crippen molar-refractivity contribution in [1.82, 2.24) is 9.80 Å². The van der Waals surface area contributed by atoms with E-state index < -0.39 is 0 Å². The van der Waals surface area contributed by atoms with Crippen LogP contribution in [-0.2, 0) is 4.79 Å². The molecular formula is C19H28N2O3. The molecule has 5 heteroatoms. The van der Waals surface area contributed by atoms with Crippen molar-refractivity contribution in [3.63, 3.8) is 0 Å². The van der Waals surface area contributed by atoms with Gasteiger partial charge in [-0.1, -0.05) is 6.07 Å². The Balaban J connectivity index is 1.44. The van der Waals surface area contributed by atoms with Crippen LogP contribution in [0.5, 0.6) is 11.5 Å². The van der Waals surface area contributed by atoms with Gasteiger partial charge < -0.3 is 19.3 Å². The summed E-state index contributed by atoms with van der Waals surface area (Å²) in [5.74, 6) is 2.09. The van der Waals surface area contributed by atoms with E-state index in [9.17, 15) is 4.79 Å². The Morgan fingerprint density at radius 1 is 1.17 bits per heavy atom. The number of benzene rings is 1. The van der Waals surface area contributed by atoms with Crippen LogP contribution in [0.4, 0.5) is 0 Å². The first kappa shape index (κ1) is 17.1. The zero-order chi connectivity index (χ0) is 17.1. The third-order valence-corrected chi connectivity index (χ3v) is 5.11. The van der Waals surface area contributed by atoms with Crippen molar-refractivity contribution in [1.29, 1.82) is 0 Å². The molecule has 0 aliphatic carbocycles. The zero-order valence-electron chi connectivity index (χ0n) is 14.9. The fourth-order valence-corrected chi connectivity index (χ4v) is 3.48. The number of ether oxygens (including phenoxy) is 2. The fourth-order valence-electron chi connectivity index (χ4n) is 3.48. The average Bonchev–Trinajstić information content (AvgIpc) is 2.57. The maximum Gasteiger partial charge on any atom is 0.226 e. The van der Waals surface area contributed by atoms with Crippen molar-refractivity contribution >= 4 is 5.91 Å². The first-order valence-electron chi connectivity index (χ1n) is 8.90. The van der Waals surface area contributed by atoms with Gasteiger partial charge in [0.05, 0.1) is 20.2 Å². The number of rotatable bonds is 5. The highest BCUT2D eigenvalue weighted by Gasteiger charge is 2.37. The Kier molecular flexibility index (Phi) is 5.29. The van der Waals surface area contributed by atoms with E-state index in [4.69, 9.17) is 9.47 Å². The van der Waals surface area contributed by atoms with E-state index in [-0.39, 0.29) is 12.0 Å². The molecule has 132 valence electrons. The van der Waals surface area contributed by atoms with Crippen LogP contribution in [0.25, 0.3) is 0 Å². The molecule has 2 saturated heterocycles. The van der Waals surface area contributed by atoms with Crippen LogP contribution >= 0.6 is 0 Å². The molecule has 1 aromatic rings. The summed E-state index contributed by atoms with van der Waals surface area (Å²) in [4.78, 5) is 17.0. The topological polar surface area (TPSA) is 42.0 Å². The predicted octanol–water partition coefficient (Wildman–Crippen LogP) is 2.41. The number of methoxy groups -OCH3 is 1. The molecule has 2 fully saturated rings. The predicted molar refractivity (Wildman–Crippen MR) is 93.4 cm³/mol. The standard InChI is InChI=1S/C19H28N2O3/c1-14(2)20-9-7-15(8-10-20)19(22)21-12-18(13-21)24-17-6-4-5-16(11-17)23-3/h4-6,11,14-15,18H,7-10,12-13H2,1-3H3. The van der Waals surface area contributed by atoms with Gasteiger partial charge in [0.25, 0.3) is 0 Å². The van der Waals surface area contributed by atoms with Gasteiger partial charge >= 0.3 is 0 Å². The smallest absolute Gasteiger partial charge is 0.226 e. The lowest BCUT2D eigenvalue weighted by Crippen LogP contribution is -2.58. The summed E-state index contributed by atoms with van der Waals surface area (Å²) < 4.78 is 11.1. The number of likely N-dealkylation sites (tertiary alicyclic amines) is 2. The van der Waals surface area contributed by atoms with Crippen molar-refractivity contribution in [2.24, 2.45) is 5.92 Å². The SMILES string of the molecule is COc1cccc(OC2CN(C(=O)C3CCN(C(C)C)CC3)C2)c1. The average molecular weight is 332 g/mol. The van der Waals surface area contributed by atoms with Crippen molar-refractivity contribution in [3.8, 4) is 11.5 Å². The summed E-state index contributed by atoms with van der Waals surface area (Å²) in [7, 11) is 1.65. The molecule has 0 aromatic heterocycles. The normalized spacial score (nSPS) is 20.1. The van der Waals surface area contributed by atoms with Gasteiger partial charge in [0.2, 0.25) is 5.91 Å². The molecule has 0 saturated carbocycles. The van der Waals surface area contributed by atoms with E-state index in [0.717, 1.165) is 37.4 Å². The maximum atomic E-state index is 12.6. The minimum Gasteiger partial charge on any atom is -0.497 e. The van der Waals surface area contributed by atoms with E-state index >= 15 is 0 Å². The minimum atomic E-state index is 0.0943. The Bertz CT molecular complexity index is 561. The number of carbonyl (C=O) groups excluding carboxylic acids is 1. The van der Waals surface area contributed by atoms with Crippen LogP contribution < -0.4 is 9.47 Å². The Morgan fingerprint density at radius 2 is 1.83 bits per heavy atom. The highest BCUT2D eigenvalue weighted by Crippen LogP contribution is 2.26. The molecule has 0 N–H and O–H groups in total. The van der Waals surface area contributed by atoms with Crippen LogP contribution in [-0.4, -0.2) is 61.1 Å². The Hall–Kier alpha value is -1.75. The second-order valence-corrected chi connectivity index (χ2v) is 7.07. The molecule has 0 unspecified atom stereocenters. The first-order chi connectivity index (χ1) is 11.6. The molecule has 3 rings (SSSR count). The molecule has 0 spiro atoms.